The smallest absolute Gasteiger partial charge is 0.257 e. The molecule has 17 heavy (non-hydrogen) atoms. The van der Waals surface area contributed by atoms with Crippen LogP contribution in [0.4, 0.5) is 10.8 Å². The molecule has 0 bridgehead atoms. The van der Waals surface area contributed by atoms with Crippen LogP contribution >= 0.6 is 11.5 Å². The Balaban J connectivity index is 2.24. The summed E-state index contributed by atoms with van der Waals surface area (Å²) in [6.45, 7) is 1.76. The summed E-state index contributed by atoms with van der Waals surface area (Å²) in [5, 5.41) is 12.5. The lowest BCUT2D eigenvalue weighted by Crippen LogP contribution is -2.25. The molecule has 2 rings (SSSR count). The van der Waals surface area contributed by atoms with Gasteiger partial charge in [-0.05, 0) is 18.0 Å². The van der Waals surface area contributed by atoms with Gasteiger partial charge in [-0.3, -0.25) is 4.79 Å². The van der Waals surface area contributed by atoms with Gasteiger partial charge in [0.2, 0.25) is 0 Å². The topological polar surface area (TPSA) is 91.5 Å². The number of aliphatic hydroxyl groups is 1. The van der Waals surface area contributed by atoms with Crippen molar-refractivity contribution in [3.8, 4) is 0 Å². The second-order valence-electron chi connectivity index (χ2n) is 4.11. The number of nitrogens with one attached hydrogen (secondary N) is 1. The zero-order valence-corrected chi connectivity index (χ0v) is 10.5. The Kier molecular flexibility index (Phi) is 3.49. The molecule has 0 aromatic carbocycles. The minimum atomic E-state index is -0.210. The quantitative estimate of drug-likeness (QED) is 0.702. The molecule has 0 saturated carbocycles. The Bertz CT molecular complexity index is 420. The molecule has 4 N–H and O–H groups in total. The molecule has 0 radical (unpaired) electrons. The number of hydrogen-bond acceptors (Lipinski definition) is 6. The third-order valence-corrected chi connectivity index (χ3v) is 3.91. The molecule has 1 fully saturated rings. The number of nitrogens with two attached hydrogens (primary N) is 1. The lowest BCUT2D eigenvalue weighted by molar-refractivity contribution is 0.0964. The lowest BCUT2D eigenvalue weighted by atomic mass is 10.1. The maximum Gasteiger partial charge on any atom is 0.257 e. The van der Waals surface area contributed by atoms with Gasteiger partial charge < -0.3 is 21.1 Å². The largest absolute Gasteiger partial charge is 0.396 e. The van der Waals surface area contributed by atoms with Gasteiger partial charge in [0, 0.05) is 32.7 Å². The van der Waals surface area contributed by atoms with Crippen LogP contribution in [-0.2, 0) is 0 Å². The molecule has 1 aliphatic heterocycles. The molecule has 0 aliphatic carbocycles. The average molecular weight is 256 g/mol. The fourth-order valence-electron chi connectivity index (χ4n) is 2.01. The Morgan fingerprint density at radius 2 is 2.53 bits per heavy atom. The standard InChI is InChI=1S/C10H16N4O2S/c1-12-9(16)7-8(11)13-17-10(7)14-3-2-6(4-14)5-15/h6,15H,2-5H2,1H3,(H2,11,13)(H,12,16). The third-order valence-electron chi connectivity index (χ3n) is 2.99. The predicted molar refractivity (Wildman–Crippen MR) is 67.3 cm³/mol. The predicted octanol–water partition coefficient (Wildman–Crippen LogP) is -0.0965. The molecule has 6 nitrogen and oxygen atoms in total. The molecule has 1 atom stereocenters. The molecule has 94 valence electrons. The Hall–Kier alpha value is -1.34. The molecule has 2 heterocycles. The number of nitrogen functional groups attached to an aromatic ring is 1. The summed E-state index contributed by atoms with van der Waals surface area (Å²) in [4.78, 5) is 13.8. The number of anilines is 2. The van der Waals surface area contributed by atoms with Gasteiger partial charge in [0.15, 0.2) is 5.82 Å². The van der Waals surface area contributed by atoms with E-state index in [-0.39, 0.29) is 24.2 Å². The summed E-state index contributed by atoms with van der Waals surface area (Å²) >= 11 is 1.24. The summed E-state index contributed by atoms with van der Waals surface area (Å²) in [6.07, 6.45) is 0.932. The highest BCUT2D eigenvalue weighted by molar-refractivity contribution is 7.11. The van der Waals surface area contributed by atoms with Crippen LogP contribution in [0.1, 0.15) is 16.8 Å². The van der Waals surface area contributed by atoms with Crippen molar-refractivity contribution in [3.63, 3.8) is 0 Å². The number of carbonyl (C=O) groups is 1. The Morgan fingerprint density at radius 3 is 3.12 bits per heavy atom. The summed E-state index contributed by atoms with van der Waals surface area (Å²) in [5.74, 6) is 0.339. The fraction of sp³-hybridized carbons (Fsp3) is 0.600. The van der Waals surface area contributed by atoms with Crippen molar-refractivity contribution in [2.45, 2.75) is 6.42 Å². The van der Waals surface area contributed by atoms with Crippen molar-refractivity contribution < 1.29 is 9.90 Å². The maximum atomic E-state index is 11.7. The Labute approximate surface area is 104 Å². The second-order valence-corrected chi connectivity index (χ2v) is 4.86. The molecule has 1 aromatic heterocycles. The van der Waals surface area contributed by atoms with Gasteiger partial charge >= 0.3 is 0 Å². The van der Waals surface area contributed by atoms with Gasteiger partial charge in [0.25, 0.3) is 5.91 Å². The van der Waals surface area contributed by atoms with E-state index in [9.17, 15) is 4.79 Å². The minimum absolute atomic E-state index is 0.181. The van der Waals surface area contributed by atoms with E-state index in [4.69, 9.17) is 10.8 Å². The molecular weight excluding hydrogens is 240 g/mol. The minimum Gasteiger partial charge on any atom is -0.396 e. The summed E-state index contributed by atoms with van der Waals surface area (Å²) in [7, 11) is 1.57. The highest BCUT2D eigenvalue weighted by Crippen LogP contribution is 2.33. The molecule has 1 unspecified atom stereocenters. The van der Waals surface area contributed by atoms with E-state index in [1.54, 1.807) is 7.05 Å². The number of aromatic nitrogens is 1. The van der Waals surface area contributed by atoms with E-state index >= 15 is 0 Å². The maximum absolute atomic E-state index is 11.7. The van der Waals surface area contributed by atoms with Crippen molar-refractivity contribution in [3.05, 3.63) is 5.56 Å². The number of amides is 1. The third kappa shape index (κ3) is 2.20. The van der Waals surface area contributed by atoms with E-state index in [1.807, 2.05) is 0 Å². The van der Waals surface area contributed by atoms with Crippen LogP contribution in [0.25, 0.3) is 0 Å². The summed E-state index contributed by atoms with van der Waals surface area (Å²) < 4.78 is 4.04. The van der Waals surface area contributed by atoms with E-state index < -0.39 is 0 Å². The number of rotatable bonds is 3. The second kappa shape index (κ2) is 4.89. The van der Waals surface area contributed by atoms with Crippen molar-refractivity contribution in [1.82, 2.24) is 9.69 Å². The first kappa shape index (κ1) is 12.1. The van der Waals surface area contributed by atoms with Crippen LogP contribution in [0.5, 0.6) is 0 Å². The summed E-state index contributed by atoms with van der Waals surface area (Å²) in [5.41, 5.74) is 6.17. The number of aliphatic hydroxyl groups excluding tert-OH is 1. The number of hydrogen-bond donors (Lipinski definition) is 3. The lowest BCUT2D eigenvalue weighted by Gasteiger charge is -2.17. The highest BCUT2D eigenvalue weighted by atomic mass is 32.1. The first-order chi connectivity index (χ1) is 8.17. The molecular formula is C10H16N4O2S. The van der Waals surface area contributed by atoms with Crippen molar-refractivity contribution in [1.29, 1.82) is 0 Å². The number of carbonyl (C=O) groups excluding carboxylic acids is 1. The zero-order valence-electron chi connectivity index (χ0n) is 9.64. The monoisotopic (exact) mass is 256 g/mol. The first-order valence-corrected chi connectivity index (χ1v) is 6.27. The molecule has 7 heteroatoms. The molecule has 1 amide bonds. The van der Waals surface area contributed by atoms with Crippen molar-refractivity contribution in [2.24, 2.45) is 5.92 Å². The van der Waals surface area contributed by atoms with E-state index in [0.717, 1.165) is 24.5 Å². The van der Waals surface area contributed by atoms with Gasteiger partial charge in [-0.1, -0.05) is 0 Å². The van der Waals surface area contributed by atoms with Crippen LogP contribution in [0, 0.1) is 5.92 Å². The van der Waals surface area contributed by atoms with Crippen LogP contribution in [0.3, 0.4) is 0 Å². The SMILES string of the molecule is CNC(=O)c1c(N)nsc1N1CCC(CO)C1. The first-order valence-electron chi connectivity index (χ1n) is 5.50. The van der Waals surface area contributed by atoms with Crippen LogP contribution in [0.2, 0.25) is 0 Å². The van der Waals surface area contributed by atoms with Gasteiger partial charge in [0.1, 0.15) is 10.6 Å². The molecule has 1 saturated heterocycles. The van der Waals surface area contributed by atoms with E-state index in [2.05, 4.69) is 14.6 Å². The van der Waals surface area contributed by atoms with Crippen LogP contribution in [-0.4, -0.2) is 42.1 Å². The molecule has 1 aliphatic rings. The van der Waals surface area contributed by atoms with Gasteiger partial charge in [0.05, 0.1) is 0 Å². The number of nitrogens with zero attached hydrogens (tertiary/aromatic N) is 2. The van der Waals surface area contributed by atoms with Gasteiger partial charge in [-0.25, -0.2) is 0 Å². The van der Waals surface area contributed by atoms with E-state index in [1.165, 1.54) is 11.5 Å². The summed E-state index contributed by atoms with van der Waals surface area (Å²) in [6, 6.07) is 0. The van der Waals surface area contributed by atoms with Crippen molar-refractivity contribution >= 4 is 28.3 Å². The zero-order chi connectivity index (χ0) is 12.4. The normalized spacial score (nSPS) is 19.6. The van der Waals surface area contributed by atoms with Gasteiger partial charge in [-0.2, -0.15) is 4.37 Å². The highest BCUT2D eigenvalue weighted by Gasteiger charge is 2.28. The van der Waals surface area contributed by atoms with E-state index in [0.29, 0.717) is 5.56 Å². The fourth-order valence-corrected chi connectivity index (χ4v) is 2.86. The Morgan fingerprint density at radius 1 is 1.76 bits per heavy atom. The van der Waals surface area contributed by atoms with Gasteiger partial charge in [-0.15, -0.1) is 0 Å². The molecule has 1 aromatic rings. The average Bonchev–Trinajstić information content (AvgIpc) is 2.94. The molecule has 0 spiro atoms. The van der Waals surface area contributed by atoms with Crippen LogP contribution in [0.15, 0.2) is 0 Å². The van der Waals surface area contributed by atoms with Crippen molar-refractivity contribution in [2.75, 3.05) is 37.4 Å². The van der Waals surface area contributed by atoms with Crippen LogP contribution < -0.4 is 16.0 Å².